The zero-order valence-electron chi connectivity index (χ0n) is 27.6. The van der Waals surface area contributed by atoms with Crippen molar-refractivity contribution in [2.45, 2.75) is 77.4 Å². The lowest BCUT2D eigenvalue weighted by Crippen LogP contribution is -2.43. The van der Waals surface area contributed by atoms with E-state index in [2.05, 4.69) is 91.2 Å². The van der Waals surface area contributed by atoms with Gasteiger partial charge in [0.15, 0.2) is 14.5 Å². The third kappa shape index (κ3) is 6.69. The fraction of sp³-hybridized carbons (Fsp3) is 0.378. The SMILES string of the molecule is Cc1cc(-c2nn(C3CCCCO3)c3ccc(-c4ccn(C(CO[Si](C)(C)C(C)(C)C)c5cccc(Br)c5)c(=O)c4)cc23)ccn1. The maximum absolute atomic E-state index is 13.9. The summed E-state index contributed by atoms with van der Waals surface area (Å²) in [4.78, 5) is 18.3. The quantitative estimate of drug-likeness (QED) is 0.151. The molecule has 0 N–H and O–H groups in total. The summed E-state index contributed by atoms with van der Waals surface area (Å²) >= 11 is 3.62. The molecule has 4 heterocycles. The van der Waals surface area contributed by atoms with Crippen molar-refractivity contribution in [2.24, 2.45) is 0 Å². The van der Waals surface area contributed by atoms with Crippen molar-refractivity contribution in [3.05, 3.63) is 105 Å². The van der Waals surface area contributed by atoms with Gasteiger partial charge in [-0.1, -0.05) is 54.9 Å². The molecule has 1 saturated heterocycles. The smallest absolute Gasteiger partial charge is 0.251 e. The molecule has 7 nitrogen and oxygen atoms in total. The van der Waals surface area contributed by atoms with Gasteiger partial charge in [-0.3, -0.25) is 9.78 Å². The van der Waals surface area contributed by atoms with E-state index in [0.29, 0.717) is 6.61 Å². The summed E-state index contributed by atoms with van der Waals surface area (Å²) in [6.07, 6.45) is 6.77. The van der Waals surface area contributed by atoms with Gasteiger partial charge in [-0.2, -0.15) is 5.10 Å². The van der Waals surface area contributed by atoms with Crippen LogP contribution >= 0.6 is 15.9 Å². The zero-order chi connectivity index (χ0) is 32.6. The third-order valence-corrected chi connectivity index (χ3v) is 14.6. The van der Waals surface area contributed by atoms with Crippen LogP contribution < -0.4 is 5.56 Å². The van der Waals surface area contributed by atoms with E-state index in [1.165, 1.54) is 0 Å². The highest BCUT2D eigenvalue weighted by Crippen LogP contribution is 2.38. The number of aryl methyl sites for hydroxylation is 1. The number of halogens is 1. The molecule has 0 bridgehead atoms. The maximum atomic E-state index is 13.9. The normalized spacial score (nSPS) is 16.5. The van der Waals surface area contributed by atoms with E-state index >= 15 is 0 Å². The minimum atomic E-state index is -2.05. The lowest BCUT2D eigenvalue weighted by molar-refractivity contribution is -0.0365. The molecule has 2 atom stereocenters. The van der Waals surface area contributed by atoms with Gasteiger partial charge in [-0.15, -0.1) is 0 Å². The summed E-state index contributed by atoms with van der Waals surface area (Å²) < 4.78 is 17.6. The molecule has 1 fully saturated rings. The Bertz CT molecular complexity index is 1920. The van der Waals surface area contributed by atoms with E-state index in [0.717, 1.165) is 74.9 Å². The summed E-state index contributed by atoms with van der Waals surface area (Å²) in [7, 11) is -2.05. The number of hydrogen-bond donors (Lipinski definition) is 0. The van der Waals surface area contributed by atoms with Gasteiger partial charge >= 0.3 is 0 Å². The minimum Gasteiger partial charge on any atom is -0.414 e. The van der Waals surface area contributed by atoms with Crippen LogP contribution in [0.15, 0.2) is 88.4 Å². The van der Waals surface area contributed by atoms with Gasteiger partial charge in [0.2, 0.25) is 0 Å². The second-order valence-corrected chi connectivity index (χ2v) is 19.6. The highest BCUT2D eigenvalue weighted by molar-refractivity contribution is 9.10. The van der Waals surface area contributed by atoms with Gasteiger partial charge in [0.25, 0.3) is 5.56 Å². The first-order chi connectivity index (χ1) is 21.9. The molecule has 0 saturated carbocycles. The van der Waals surface area contributed by atoms with E-state index in [1.54, 1.807) is 10.6 Å². The van der Waals surface area contributed by atoms with E-state index in [4.69, 9.17) is 14.3 Å². The first-order valence-corrected chi connectivity index (χ1v) is 19.8. The number of rotatable bonds is 8. The van der Waals surface area contributed by atoms with Crippen molar-refractivity contribution in [3.63, 3.8) is 0 Å². The van der Waals surface area contributed by atoms with Gasteiger partial charge in [0, 0.05) is 46.2 Å². The summed E-state index contributed by atoms with van der Waals surface area (Å²) in [6.45, 7) is 14.4. The number of pyridine rings is 2. The highest BCUT2D eigenvalue weighted by atomic mass is 79.9. The molecule has 0 aliphatic carbocycles. The molecule has 46 heavy (non-hydrogen) atoms. The number of ether oxygens (including phenoxy) is 1. The number of benzene rings is 2. The molecular formula is C37H43BrN4O3Si. The Kier molecular flexibility index (Phi) is 9.22. The van der Waals surface area contributed by atoms with Crippen LogP contribution in [-0.2, 0) is 9.16 Å². The first kappa shape index (κ1) is 32.6. The largest absolute Gasteiger partial charge is 0.414 e. The number of hydrogen-bond acceptors (Lipinski definition) is 5. The standard InChI is InChI=1S/C37H43BrN4O3Si/c1-25-20-29(15-17-39-25)36-31-22-26(13-14-32(31)42(40-36)35-12-7-8-19-44-35)27-16-18-41(34(43)23-27)33(28-10-9-11-30(38)21-28)24-45-46(5,6)37(2,3)4/h9-11,13-18,20-23,33,35H,7-8,12,19,24H2,1-6H3. The van der Waals surface area contributed by atoms with Crippen molar-refractivity contribution >= 4 is 35.2 Å². The van der Waals surface area contributed by atoms with Crippen LogP contribution in [0.1, 0.15) is 63.6 Å². The second kappa shape index (κ2) is 13.0. The van der Waals surface area contributed by atoms with Gasteiger partial charge in [0.05, 0.1) is 18.2 Å². The monoisotopic (exact) mass is 698 g/mol. The lowest BCUT2D eigenvalue weighted by atomic mass is 10.0. The predicted octanol–water partition coefficient (Wildman–Crippen LogP) is 9.31. The Labute approximate surface area is 280 Å². The van der Waals surface area contributed by atoms with Crippen LogP contribution in [0.2, 0.25) is 18.1 Å². The first-order valence-electron chi connectivity index (χ1n) is 16.1. The molecule has 2 aromatic carbocycles. The Hall–Kier alpha value is -3.37. The van der Waals surface area contributed by atoms with Crippen molar-refractivity contribution < 1.29 is 9.16 Å². The fourth-order valence-corrected chi connectivity index (χ4v) is 7.27. The Morgan fingerprint density at radius 1 is 1.02 bits per heavy atom. The van der Waals surface area contributed by atoms with Gasteiger partial charge in [-0.25, -0.2) is 4.68 Å². The highest BCUT2D eigenvalue weighted by Gasteiger charge is 2.38. The molecular weight excluding hydrogens is 656 g/mol. The number of aromatic nitrogens is 4. The molecule has 3 aromatic heterocycles. The summed E-state index contributed by atoms with van der Waals surface area (Å²) in [5.41, 5.74) is 6.64. The molecule has 1 aliphatic heterocycles. The van der Waals surface area contributed by atoms with Crippen LogP contribution in [0, 0.1) is 6.92 Å². The van der Waals surface area contributed by atoms with Gasteiger partial charge < -0.3 is 13.7 Å². The molecule has 0 amide bonds. The summed E-state index contributed by atoms with van der Waals surface area (Å²) in [5.74, 6) is 0. The lowest BCUT2D eigenvalue weighted by Gasteiger charge is -2.37. The average molecular weight is 700 g/mol. The average Bonchev–Trinajstić information content (AvgIpc) is 3.41. The van der Waals surface area contributed by atoms with Gasteiger partial charge in [-0.05, 0) is 103 Å². The Morgan fingerprint density at radius 2 is 1.83 bits per heavy atom. The van der Waals surface area contributed by atoms with E-state index in [-0.39, 0.29) is 22.9 Å². The molecule has 0 spiro atoms. The van der Waals surface area contributed by atoms with Crippen LogP contribution in [0.5, 0.6) is 0 Å². The maximum Gasteiger partial charge on any atom is 0.251 e. The topological polar surface area (TPSA) is 71.2 Å². The molecule has 5 aromatic rings. The Morgan fingerprint density at radius 3 is 2.52 bits per heavy atom. The molecule has 2 unspecified atom stereocenters. The van der Waals surface area contributed by atoms with Crippen LogP contribution in [-0.4, -0.2) is 40.9 Å². The van der Waals surface area contributed by atoms with Crippen molar-refractivity contribution in [3.8, 4) is 22.4 Å². The van der Waals surface area contributed by atoms with Gasteiger partial charge in [0.1, 0.15) is 5.69 Å². The molecule has 1 aliphatic rings. The van der Waals surface area contributed by atoms with Crippen LogP contribution in [0.4, 0.5) is 0 Å². The molecule has 6 rings (SSSR count). The summed E-state index contributed by atoms with van der Waals surface area (Å²) in [6, 6.07) is 22.1. The molecule has 9 heteroatoms. The number of fused-ring (bicyclic) bond motifs is 1. The van der Waals surface area contributed by atoms with E-state index in [9.17, 15) is 4.79 Å². The third-order valence-electron chi connectivity index (χ3n) is 9.56. The van der Waals surface area contributed by atoms with Crippen molar-refractivity contribution in [1.82, 2.24) is 19.3 Å². The summed E-state index contributed by atoms with van der Waals surface area (Å²) in [5, 5.41) is 6.18. The fourth-order valence-electron chi connectivity index (χ4n) is 5.84. The van der Waals surface area contributed by atoms with E-state index < -0.39 is 8.32 Å². The molecule has 240 valence electrons. The Balaban J connectivity index is 1.40. The predicted molar refractivity (Wildman–Crippen MR) is 192 cm³/mol. The second-order valence-electron chi connectivity index (χ2n) is 13.8. The minimum absolute atomic E-state index is 0.0625. The van der Waals surface area contributed by atoms with Crippen LogP contribution in [0.25, 0.3) is 33.3 Å². The van der Waals surface area contributed by atoms with E-state index in [1.807, 2.05) is 48.3 Å². The molecule has 0 radical (unpaired) electrons. The van der Waals surface area contributed by atoms with Crippen LogP contribution in [0.3, 0.4) is 0 Å². The van der Waals surface area contributed by atoms with Crippen molar-refractivity contribution in [2.75, 3.05) is 13.2 Å². The zero-order valence-corrected chi connectivity index (χ0v) is 30.2. The van der Waals surface area contributed by atoms with Crippen molar-refractivity contribution in [1.29, 1.82) is 0 Å². The number of nitrogens with zero attached hydrogens (tertiary/aromatic N) is 4.